The number of nitrogens with two attached hydrogens (primary N) is 1. The molecule has 2 amide bonds. The van der Waals surface area contributed by atoms with E-state index in [0.717, 1.165) is 6.42 Å². The number of amides is 2. The predicted molar refractivity (Wildman–Crippen MR) is 63.3 cm³/mol. The fourth-order valence-corrected chi connectivity index (χ4v) is 1.79. The summed E-state index contributed by atoms with van der Waals surface area (Å²) >= 11 is 0. The molecule has 0 aromatic carbocycles. The molecule has 1 aliphatic rings. The second-order valence-electron chi connectivity index (χ2n) is 4.51. The topological polar surface area (TPSA) is 84.7 Å². The molecule has 0 spiro atoms. The maximum absolute atomic E-state index is 11.9. The Morgan fingerprint density at radius 3 is 2.59 bits per heavy atom. The van der Waals surface area contributed by atoms with Crippen LogP contribution in [-0.4, -0.2) is 56.1 Å². The Labute approximate surface area is 101 Å². The number of rotatable bonds is 6. The maximum atomic E-state index is 11.9. The number of ether oxygens (including phenoxy) is 1. The van der Waals surface area contributed by atoms with Crippen molar-refractivity contribution in [2.75, 3.05) is 33.9 Å². The molecule has 17 heavy (non-hydrogen) atoms. The van der Waals surface area contributed by atoms with Gasteiger partial charge in [0, 0.05) is 20.7 Å². The number of hydrogen-bond acceptors (Lipinski definition) is 4. The van der Waals surface area contributed by atoms with Crippen LogP contribution in [-0.2, 0) is 14.3 Å². The zero-order valence-corrected chi connectivity index (χ0v) is 10.5. The van der Waals surface area contributed by atoms with Crippen molar-refractivity contribution in [1.29, 1.82) is 0 Å². The molecule has 0 bridgehead atoms. The zero-order valence-electron chi connectivity index (χ0n) is 10.5. The molecule has 1 aliphatic carbocycles. The second kappa shape index (κ2) is 5.97. The molecule has 0 heterocycles. The van der Waals surface area contributed by atoms with E-state index in [2.05, 4.69) is 5.32 Å². The van der Waals surface area contributed by atoms with Gasteiger partial charge in [0.25, 0.3) is 0 Å². The molecule has 0 atom stereocenters. The van der Waals surface area contributed by atoms with E-state index < -0.39 is 5.54 Å². The molecule has 0 aromatic rings. The Balaban J connectivity index is 2.30. The summed E-state index contributed by atoms with van der Waals surface area (Å²) in [5.74, 6) is -0.341. The third-order valence-electron chi connectivity index (χ3n) is 3.03. The smallest absolute Gasteiger partial charge is 0.242 e. The van der Waals surface area contributed by atoms with E-state index in [4.69, 9.17) is 10.5 Å². The van der Waals surface area contributed by atoms with E-state index in [-0.39, 0.29) is 18.4 Å². The highest BCUT2D eigenvalue weighted by atomic mass is 16.5. The Morgan fingerprint density at radius 2 is 2.12 bits per heavy atom. The van der Waals surface area contributed by atoms with Gasteiger partial charge in [-0.05, 0) is 19.3 Å². The summed E-state index contributed by atoms with van der Waals surface area (Å²) in [4.78, 5) is 24.8. The van der Waals surface area contributed by atoms with Crippen LogP contribution in [0.25, 0.3) is 0 Å². The molecule has 6 heteroatoms. The van der Waals surface area contributed by atoms with Gasteiger partial charge in [0.15, 0.2) is 0 Å². The van der Waals surface area contributed by atoms with Crippen LogP contribution in [0.2, 0.25) is 0 Å². The predicted octanol–water partition coefficient (Wildman–Crippen LogP) is -0.911. The van der Waals surface area contributed by atoms with Gasteiger partial charge in [0.2, 0.25) is 11.8 Å². The van der Waals surface area contributed by atoms with Crippen LogP contribution in [0.4, 0.5) is 0 Å². The third kappa shape index (κ3) is 3.67. The van der Waals surface area contributed by atoms with Gasteiger partial charge in [-0.25, -0.2) is 0 Å². The lowest BCUT2D eigenvalue weighted by molar-refractivity contribution is -0.141. The summed E-state index contributed by atoms with van der Waals surface area (Å²) in [6, 6.07) is 0. The number of carbonyl (C=O) groups excluding carboxylic acids is 2. The summed E-state index contributed by atoms with van der Waals surface area (Å²) in [7, 11) is 3.17. The molecule has 1 saturated carbocycles. The minimum absolute atomic E-state index is 0.0432. The summed E-state index contributed by atoms with van der Waals surface area (Å²) in [6.07, 6.45) is 2.40. The first kappa shape index (κ1) is 13.9. The average molecular weight is 243 g/mol. The molecular formula is C11H21N3O3. The van der Waals surface area contributed by atoms with E-state index >= 15 is 0 Å². The quantitative estimate of drug-likeness (QED) is 0.591. The standard InChI is InChI=1S/C11H21N3O3/c1-14(8-9(15)13-6-7-17-2)10(16)11(12)4-3-5-11/h3-8,12H2,1-2H3,(H,13,15). The molecule has 1 fully saturated rings. The Hall–Kier alpha value is -1.14. The number of nitrogens with one attached hydrogen (secondary N) is 1. The van der Waals surface area contributed by atoms with E-state index in [0.29, 0.717) is 26.0 Å². The number of carbonyl (C=O) groups is 2. The van der Waals surface area contributed by atoms with Gasteiger partial charge in [-0.15, -0.1) is 0 Å². The Morgan fingerprint density at radius 1 is 1.47 bits per heavy atom. The summed E-state index contributed by atoms with van der Waals surface area (Å²) < 4.78 is 4.81. The largest absolute Gasteiger partial charge is 0.383 e. The lowest BCUT2D eigenvalue weighted by Gasteiger charge is -2.39. The minimum Gasteiger partial charge on any atom is -0.383 e. The number of nitrogens with zero attached hydrogens (tertiary/aromatic N) is 1. The summed E-state index contributed by atoms with van der Waals surface area (Å²) in [5, 5.41) is 2.66. The molecule has 6 nitrogen and oxygen atoms in total. The highest BCUT2D eigenvalue weighted by Gasteiger charge is 2.42. The van der Waals surface area contributed by atoms with Crippen LogP contribution in [0.15, 0.2) is 0 Å². The lowest BCUT2D eigenvalue weighted by Crippen LogP contribution is -2.59. The van der Waals surface area contributed by atoms with Crippen LogP contribution in [0, 0.1) is 0 Å². The van der Waals surface area contributed by atoms with E-state index in [1.807, 2.05) is 0 Å². The van der Waals surface area contributed by atoms with Gasteiger partial charge in [-0.2, -0.15) is 0 Å². The van der Waals surface area contributed by atoms with Crippen LogP contribution < -0.4 is 11.1 Å². The fraction of sp³-hybridized carbons (Fsp3) is 0.818. The summed E-state index contributed by atoms with van der Waals surface area (Å²) in [5.41, 5.74) is 5.17. The van der Waals surface area contributed by atoms with E-state index in [1.54, 1.807) is 14.2 Å². The first-order valence-electron chi connectivity index (χ1n) is 5.80. The molecule has 3 N–H and O–H groups in total. The monoisotopic (exact) mass is 243 g/mol. The normalized spacial score (nSPS) is 17.1. The molecule has 0 aromatic heterocycles. The van der Waals surface area contributed by atoms with Gasteiger partial charge in [-0.3, -0.25) is 9.59 Å². The Kier molecular flexibility index (Phi) is 4.89. The van der Waals surface area contributed by atoms with Crippen LogP contribution >= 0.6 is 0 Å². The van der Waals surface area contributed by atoms with Crippen LogP contribution in [0.1, 0.15) is 19.3 Å². The molecule has 0 aliphatic heterocycles. The first-order valence-corrected chi connectivity index (χ1v) is 5.80. The van der Waals surface area contributed by atoms with Crippen molar-refractivity contribution in [1.82, 2.24) is 10.2 Å². The zero-order chi connectivity index (χ0) is 12.9. The molecule has 1 rings (SSSR count). The van der Waals surface area contributed by atoms with E-state index in [9.17, 15) is 9.59 Å². The van der Waals surface area contributed by atoms with Crippen molar-refractivity contribution in [3.63, 3.8) is 0 Å². The molecule has 0 radical (unpaired) electrons. The first-order chi connectivity index (χ1) is 7.99. The number of likely N-dealkylation sites (N-methyl/N-ethyl adjacent to an activating group) is 1. The van der Waals surface area contributed by atoms with Gasteiger partial charge in [-0.1, -0.05) is 0 Å². The van der Waals surface area contributed by atoms with Crippen molar-refractivity contribution in [3.05, 3.63) is 0 Å². The SMILES string of the molecule is COCCNC(=O)CN(C)C(=O)C1(N)CCC1. The van der Waals surface area contributed by atoms with Crippen molar-refractivity contribution in [3.8, 4) is 0 Å². The average Bonchev–Trinajstić information content (AvgIpc) is 2.25. The van der Waals surface area contributed by atoms with Crippen molar-refractivity contribution < 1.29 is 14.3 Å². The van der Waals surface area contributed by atoms with E-state index in [1.165, 1.54) is 4.90 Å². The van der Waals surface area contributed by atoms with Crippen molar-refractivity contribution in [2.45, 2.75) is 24.8 Å². The highest BCUT2D eigenvalue weighted by molar-refractivity contribution is 5.90. The number of hydrogen-bond donors (Lipinski definition) is 2. The van der Waals surface area contributed by atoms with Crippen LogP contribution in [0.5, 0.6) is 0 Å². The maximum Gasteiger partial charge on any atom is 0.242 e. The van der Waals surface area contributed by atoms with Gasteiger partial charge < -0.3 is 20.7 Å². The minimum atomic E-state index is -0.735. The fourth-order valence-electron chi connectivity index (χ4n) is 1.79. The number of methoxy groups -OCH3 is 1. The molecular weight excluding hydrogens is 222 g/mol. The van der Waals surface area contributed by atoms with Gasteiger partial charge >= 0.3 is 0 Å². The van der Waals surface area contributed by atoms with Gasteiger partial charge in [0.1, 0.15) is 0 Å². The summed E-state index contributed by atoms with van der Waals surface area (Å²) in [6.45, 7) is 0.955. The molecule has 0 unspecified atom stereocenters. The van der Waals surface area contributed by atoms with Gasteiger partial charge in [0.05, 0.1) is 18.7 Å². The lowest BCUT2D eigenvalue weighted by atomic mass is 9.76. The van der Waals surface area contributed by atoms with Crippen molar-refractivity contribution >= 4 is 11.8 Å². The van der Waals surface area contributed by atoms with Crippen LogP contribution in [0.3, 0.4) is 0 Å². The third-order valence-corrected chi connectivity index (χ3v) is 3.03. The second-order valence-corrected chi connectivity index (χ2v) is 4.51. The van der Waals surface area contributed by atoms with Crippen molar-refractivity contribution in [2.24, 2.45) is 5.73 Å². The Bertz CT molecular complexity index is 290. The molecule has 98 valence electrons. The highest BCUT2D eigenvalue weighted by Crippen LogP contribution is 2.30. The molecule has 0 saturated heterocycles.